The first-order chi connectivity index (χ1) is 7.84. The van der Waals surface area contributed by atoms with Gasteiger partial charge in [0.05, 0.1) is 5.56 Å². The summed E-state index contributed by atoms with van der Waals surface area (Å²) in [5.41, 5.74) is -0.0844. The fourth-order valence-electron chi connectivity index (χ4n) is 1.03. The van der Waals surface area contributed by atoms with Gasteiger partial charge < -0.3 is 9.84 Å². The number of hydrogen-bond donors (Lipinski definition) is 1. The summed E-state index contributed by atoms with van der Waals surface area (Å²) < 4.78 is 41.0. The van der Waals surface area contributed by atoms with Crippen molar-refractivity contribution >= 4 is 5.97 Å². The molecule has 1 aromatic carbocycles. The molecule has 0 fully saturated rings. The first-order valence-corrected chi connectivity index (χ1v) is 4.54. The van der Waals surface area contributed by atoms with Crippen molar-refractivity contribution in [3.8, 4) is 5.75 Å². The SMILES string of the molecule is C=CC(OC(=O)c1ccc(O)cc1)C(F)(F)F. The lowest BCUT2D eigenvalue weighted by Gasteiger charge is -2.16. The van der Waals surface area contributed by atoms with Crippen LogP contribution < -0.4 is 0 Å². The second-order valence-electron chi connectivity index (χ2n) is 3.15. The third kappa shape index (κ3) is 3.51. The molecule has 0 radical (unpaired) electrons. The van der Waals surface area contributed by atoms with Crippen LogP contribution >= 0.6 is 0 Å². The van der Waals surface area contributed by atoms with Gasteiger partial charge in [0, 0.05) is 0 Å². The molecule has 0 aromatic heterocycles. The van der Waals surface area contributed by atoms with Gasteiger partial charge in [0.1, 0.15) is 5.75 Å². The molecule has 1 unspecified atom stereocenters. The van der Waals surface area contributed by atoms with Crippen LogP contribution in [-0.4, -0.2) is 23.4 Å². The van der Waals surface area contributed by atoms with E-state index in [1.807, 2.05) is 0 Å². The molecule has 0 amide bonds. The Balaban J connectivity index is 2.78. The van der Waals surface area contributed by atoms with E-state index in [9.17, 15) is 18.0 Å². The van der Waals surface area contributed by atoms with Gasteiger partial charge in [-0.25, -0.2) is 4.79 Å². The largest absolute Gasteiger partial charge is 0.508 e. The molecule has 0 spiro atoms. The van der Waals surface area contributed by atoms with Crippen LogP contribution in [0.3, 0.4) is 0 Å². The molecule has 1 atom stereocenters. The van der Waals surface area contributed by atoms with Crippen molar-refractivity contribution in [1.82, 2.24) is 0 Å². The molecular weight excluding hydrogens is 237 g/mol. The first-order valence-electron chi connectivity index (χ1n) is 4.54. The summed E-state index contributed by atoms with van der Waals surface area (Å²) in [4.78, 5) is 11.3. The number of esters is 1. The van der Waals surface area contributed by atoms with Gasteiger partial charge in [0.15, 0.2) is 0 Å². The summed E-state index contributed by atoms with van der Waals surface area (Å²) in [7, 11) is 0. The lowest BCUT2D eigenvalue weighted by molar-refractivity contribution is -0.188. The minimum Gasteiger partial charge on any atom is -0.508 e. The topological polar surface area (TPSA) is 46.5 Å². The number of benzene rings is 1. The Morgan fingerprint density at radius 1 is 1.35 bits per heavy atom. The number of carbonyl (C=O) groups excluding carboxylic acids is 1. The van der Waals surface area contributed by atoms with E-state index in [1.165, 1.54) is 12.1 Å². The molecular formula is C11H9F3O3. The summed E-state index contributed by atoms with van der Waals surface area (Å²) >= 11 is 0. The molecule has 92 valence electrons. The average molecular weight is 246 g/mol. The minimum absolute atomic E-state index is 0.0844. The molecule has 0 aliphatic heterocycles. The molecule has 6 heteroatoms. The Kier molecular flexibility index (Phi) is 3.77. The molecule has 0 aliphatic rings. The highest BCUT2D eigenvalue weighted by molar-refractivity contribution is 5.89. The highest BCUT2D eigenvalue weighted by Crippen LogP contribution is 2.24. The summed E-state index contributed by atoms with van der Waals surface area (Å²) in [6, 6.07) is 4.67. The Bertz CT molecular complexity index is 409. The maximum absolute atomic E-state index is 12.3. The predicted octanol–water partition coefficient (Wildman–Crippen LogP) is 2.67. The molecule has 0 aliphatic carbocycles. The van der Waals surface area contributed by atoms with Crippen molar-refractivity contribution < 1.29 is 27.8 Å². The molecule has 1 rings (SSSR count). The quantitative estimate of drug-likeness (QED) is 0.658. The Morgan fingerprint density at radius 2 is 1.88 bits per heavy atom. The van der Waals surface area contributed by atoms with E-state index < -0.39 is 18.2 Å². The van der Waals surface area contributed by atoms with Crippen molar-refractivity contribution in [2.75, 3.05) is 0 Å². The molecule has 0 saturated carbocycles. The Hall–Kier alpha value is -1.98. The molecule has 0 heterocycles. The van der Waals surface area contributed by atoms with Crippen LogP contribution in [-0.2, 0) is 4.74 Å². The maximum atomic E-state index is 12.3. The molecule has 17 heavy (non-hydrogen) atoms. The fourth-order valence-corrected chi connectivity index (χ4v) is 1.03. The summed E-state index contributed by atoms with van der Waals surface area (Å²) in [6.45, 7) is 2.95. The summed E-state index contributed by atoms with van der Waals surface area (Å²) in [5.74, 6) is -1.23. The van der Waals surface area contributed by atoms with Gasteiger partial charge in [-0.1, -0.05) is 6.58 Å². The molecule has 1 N–H and O–H groups in total. The van der Waals surface area contributed by atoms with Crippen molar-refractivity contribution in [2.24, 2.45) is 0 Å². The van der Waals surface area contributed by atoms with Crippen LogP contribution in [0.4, 0.5) is 13.2 Å². The number of hydrogen-bond acceptors (Lipinski definition) is 3. The number of halogens is 3. The highest BCUT2D eigenvalue weighted by atomic mass is 19.4. The van der Waals surface area contributed by atoms with Crippen LogP contribution in [0.15, 0.2) is 36.9 Å². The Labute approximate surface area is 95.1 Å². The van der Waals surface area contributed by atoms with E-state index in [1.54, 1.807) is 0 Å². The van der Waals surface area contributed by atoms with Gasteiger partial charge in [-0.15, -0.1) is 0 Å². The van der Waals surface area contributed by atoms with Crippen LogP contribution in [0, 0.1) is 0 Å². The lowest BCUT2D eigenvalue weighted by atomic mass is 10.2. The van der Waals surface area contributed by atoms with Crippen molar-refractivity contribution in [2.45, 2.75) is 12.3 Å². The van der Waals surface area contributed by atoms with Gasteiger partial charge >= 0.3 is 12.1 Å². The molecule has 0 saturated heterocycles. The molecule has 1 aromatic rings. The smallest absolute Gasteiger partial charge is 0.429 e. The predicted molar refractivity (Wildman–Crippen MR) is 53.6 cm³/mol. The van der Waals surface area contributed by atoms with Gasteiger partial charge in [-0.05, 0) is 30.3 Å². The zero-order valence-electron chi connectivity index (χ0n) is 8.57. The average Bonchev–Trinajstić information content (AvgIpc) is 2.24. The second-order valence-corrected chi connectivity index (χ2v) is 3.15. The van der Waals surface area contributed by atoms with Gasteiger partial charge in [-0.2, -0.15) is 13.2 Å². The van der Waals surface area contributed by atoms with E-state index in [2.05, 4.69) is 11.3 Å². The number of alkyl halides is 3. The summed E-state index contributed by atoms with van der Waals surface area (Å²) in [5, 5.41) is 8.95. The Morgan fingerprint density at radius 3 is 2.29 bits per heavy atom. The maximum Gasteiger partial charge on any atom is 0.429 e. The number of phenols is 1. The normalized spacial score (nSPS) is 12.9. The van der Waals surface area contributed by atoms with Gasteiger partial charge in [0.2, 0.25) is 6.10 Å². The number of phenolic OH excluding ortho intramolecular Hbond substituents is 1. The second kappa shape index (κ2) is 4.90. The lowest BCUT2D eigenvalue weighted by Crippen LogP contribution is -2.31. The van der Waals surface area contributed by atoms with Crippen LogP contribution in [0.2, 0.25) is 0 Å². The number of rotatable bonds is 3. The van der Waals surface area contributed by atoms with E-state index >= 15 is 0 Å². The van der Waals surface area contributed by atoms with E-state index in [0.717, 1.165) is 12.1 Å². The van der Waals surface area contributed by atoms with Gasteiger partial charge in [0.25, 0.3) is 0 Å². The fraction of sp³-hybridized carbons (Fsp3) is 0.182. The third-order valence-corrected chi connectivity index (χ3v) is 1.87. The zero-order chi connectivity index (χ0) is 13.1. The minimum atomic E-state index is -4.69. The van der Waals surface area contributed by atoms with Crippen molar-refractivity contribution in [3.63, 3.8) is 0 Å². The van der Waals surface area contributed by atoms with Crippen molar-refractivity contribution in [3.05, 3.63) is 42.5 Å². The first kappa shape index (κ1) is 13.1. The number of carbonyl (C=O) groups is 1. The summed E-state index contributed by atoms with van der Waals surface area (Å²) in [6.07, 6.45) is -6.53. The third-order valence-electron chi connectivity index (χ3n) is 1.87. The number of aromatic hydroxyl groups is 1. The molecule has 0 bridgehead atoms. The van der Waals surface area contributed by atoms with E-state index in [4.69, 9.17) is 5.11 Å². The monoisotopic (exact) mass is 246 g/mol. The van der Waals surface area contributed by atoms with Crippen LogP contribution in [0.5, 0.6) is 5.75 Å². The van der Waals surface area contributed by atoms with Crippen LogP contribution in [0.25, 0.3) is 0 Å². The standard InChI is InChI=1S/C11H9F3O3/c1-2-9(11(12,13)14)17-10(16)7-3-5-8(15)6-4-7/h2-6,9,15H,1H2. The molecule has 3 nitrogen and oxygen atoms in total. The van der Waals surface area contributed by atoms with Gasteiger partial charge in [-0.3, -0.25) is 0 Å². The zero-order valence-corrected chi connectivity index (χ0v) is 8.57. The van der Waals surface area contributed by atoms with Crippen LogP contribution in [0.1, 0.15) is 10.4 Å². The van der Waals surface area contributed by atoms with E-state index in [0.29, 0.717) is 6.08 Å². The highest BCUT2D eigenvalue weighted by Gasteiger charge is 2.40. The van der Waals surface area contributed by atoms with E-state index in [-0.39, 0.29) is 11.3 Å². The van der Waals surface area contributed by atoms with Crippen molar-refractivity contribution in [1.29, 1.82) is 0 Å². The number of ether oxygens (including phenoxy) is 1.